The van der Waals surface area contributed by atoms with Crippen LogP contribution in [0, 0.1) is 0 Å². The Morgan fingerprint density at radius 2 is 2.18 bits per heavy atom. The molecule has 0 aliphatic carbocycles. The molecule has 1 heterocycles. The number of carboxylic acid groups (broad SMARTS) is 1. The summed E-state index contributed by atoms with van der Waals surface area (Å²) in [5.41, 5.74) is 5.00. The van der Waals surface area contributed by atoms with Crippen molar-refractivity contribution in [2.45, 2.75) is 12.5 Å². The highest BCUT2D eigenvalue weighted by Gasteiger charge is 2.19. The molecule has 17 heavy (non-hydrogen) atoms. The fourth-order valence-corrected chi connectivity index (χ4v) is 1.18. The van der Waals surface area contributed by atoms with Gasteiger partial charge in [-0.2, -0.15) is 0 Å². The van der Waals surface area contributed by atoms with Crippen LogP contribution < -0.4 is 11.1 Å². The average molecular weight is 236 g/mol. The van der Waals surface area contributed by atoms with Crippen molar-refractivity contribution in [1.29, 1.82) is 0 Å². The number of carbonyl (C=O) groups is 2. The molecule has 0 saturated carbocycles. The standard InChI is InChI=1S/C10H12N4O3/c1-2-3-6(10(16)17)14-9-7(8(11)15)12-4-5-13-9/h2,4-6H,1,3H2,(H2,11,15)(H,13,14)(H,16,17). The number of anilines is 1. The molecule has 1 amide bonds. The van der Waals surface area contributed by atoms with Crippen molar-refractivity contribution in [3.05, 3.63) is 30.7 Å². The number of primary amides is 1. The quantitative estimate of drug-likeness (QED) is 0.599. The molecule has 4 N–H and O–H groups in total. The molecule has 7 heteroatoms. The van der Waals surface area contributed by atoms with E-state index in [0.29, 0.717) is 0 Å². The van der Waals surface area contributed by atoms with E-state index in [2.05, 4.69) is 21.9 Å². The number of nitrogens with one attached hydrogen (secondary N) is 1. The maximum absolute atomic E-state index is 11.0. The molecule has 0 radical (unpaired) electrons. The van der Waals surface area contributed by atoms with Gasteiger partial charge in [0.1, 0.15) is 6.04 Å². The van der Waals surface area contributed by atoms with Gasteiger partial charge in [-0.05, 0) is 6.42 Å². The number of carbonyl (C=O) groups excluding carboxylic acids is 1. The Kier molecular flexibility index (Phi) is 4.15. The van der Waals surface area contributed by atoms with Crippen LogP contribution in [0.3, 0.4) is 0 Å². The Balaban J connectivity index is 2.96. The van der Waals surface area contributed by atoms with Crippen molar-refractivity contribution in [1.82, 2.24) is 9.97 Å². The van der Waals surface area contributed by atoms with Gasteiger partial charge < -0.3 is 16.2 Å². The fraction of sp³-hybridized carbons (Fsp3) is 0.200. The summed E-state index contributed by atoms with van der Waals surface area (Å²) >= 11 is 0. The van der Waals surface area contributed by atoms with Crippen LogP contribution in [-0.2, 0) is 4.79 Å². The number of carboxylic acids is 1. The van der Waals surface area contributed by atoms with Crippen LogP contribution in [0.1, 0.15) is 16.9 Å². The summed E-state index contributed by atoms with van der Waals surface area (Å²) in [4.78, 5) is 29.5. The molecule has 0 aliphatic heterocycles. The smallest absolute Gasteiger partial charge is 0.326 e. The first-order chi connectivity index (χ1) is 8.06. The first-order valence-corrected chi connectivity index (χ1v) is 4.77. The lowest BCUT2D eigenvalue weighted by molar-refractivity contribution is -0.137. The zero-order chi connectivity index (χ0) is 12.8. The third-order valence-electron chi connectivity index (χ3n) is 1.94. The number of hydrogen-bond donors (Lipinski definition) is 3. The largest absolute Gasteiger partial charge is 0.480 e. The van der Waals surface area contributed by atoms with Crippen molar-refractivity contribution in [2.24, 2.45) is 5.73 Å². The molecule has 7 nitrogen and oxygen atoms in total. The van der Waals surface area contributed by atoms with Gasteiger partial charge in [-0.25, -0.2) is 14.8 Å². The van der Waals surface area contributed by atoms with Crippen LogP contribution in [0.4, 0.5) is 5.82 Å². The van der Waals surface area contributed by atoms with E-state index in [-0.39, 0.29) is 17.9 Å². The minimum Gasteiger partial charge on any atom is -0.480 e. The van der Waals surface area contributed by atoms with Gasteiger partial charge in [-0.3, -0.25) is 4.79 Å². The molecular formula is C10H12N4O3. The van der Waals surface area contributed by atoms with Gasteiger partial charge in [-0.1, -0.05) is 6.08 Å². The summed E-state index contributed by atoms with van der Waals surface area (Å²) in [6.07, 6.45) is 4.27. The lowest BCUT2D eigenvalue weighted by Crippen LogP contribution is -2.30. The first-order valence-electron chi connectivity index (χ1n) is 4.77. The number of hydrogen-bond acceptors (Lipinski definition) is 5. The van der Waals surface area contributed by atoms with E-state index in [9.17, 15) is 9.59 Å². The second-order valence-electron chi connectivity index (χ2n) is 3.18. The lowest BCUT2D eigenvalue weighted by Gasteiger charge is -2.14. The zero-order valence-corrected chi connectivity index (χ0v) is 8.96. The summed E-state index contributed by atoms with van der Waals surface area (Å²) in [5.74, 6) is -1.80. The lowest BCUT2D eigenvalue weighted by atomic mass is 10.2. The van der Waals surface area contributed by atoms with Crippen LogP contribution >= 0.6 is 0 Å². The topological polar surface area (TPSA) is 118 Å². The van der Waals surface area contributed by atoms with Crippen LogP contribution in [0.25, 0.3) is 0 Å². The Labute approximate surface area is 97.4 Å². The van der Waals surface area contributed by atoms with Crippen molar-refractivity contribution < 1.29 is 14.7 Å². The minimum atomic E-state index is -1.08. The predicted octanol–water partition coefficient (Wildman–Crippen LogP) is 0.0167. The van der Waals surface area contributed by atoms with Gasteiger partial charge in [0.05, 0.1) is 0 Å². The van der Waals surface area contributed by atoms with E-state index in [0.717, 1.165) is 0 Å². The number of aliphatic carboxylic acids is 1. The Bertz CT molecular complexity index is 447. The van der Waals surface area contributed by atoms with Gasteiger partial charge in [0.2, 0.25) is 0 Å². The number of amides is 1. The summed E-state index contributed by atoms with van der Waals surface area (Å²) < 4.78 is 0. The number of aromatic nitrogens is 2. The molecule has 1 aromatic heterocycles. The van der Waals surface area contributed by atoms with Crippen molar-refractivity contribution in [3.63, 3.8) is 0 Å². The van der Waals surface area contributed by atoms with E-state index in [1.54, 1.807) is 0 Å². The van der Waals surface area contributed by atoms with E-state index in [4.69, 9.17) is 10.8 Å². The highest BCUT2D eigenvalue weighted by atomic mass is 16.4. The van der Waals surface area contributed by atoms with Crippen molar-refractivity contribution in [2.75, 3.05) is 5.32 Å². The van der Waals surface area contributed by atoms with E-state index >= 15 is 0 Å². The van der Waals surface area contributed by atoms with Crippen LogP contribution in [0.5, 0.6) is 0 Å². The molecule has 90 valence electrons. The first kappa shape index (κ1) is 12.6. The summed E-state index contributed by atoms with van der Waals surface area (Å²) in [6, 6.07) is -0.928. The van der Waals surface area contributed by atoms with E-state index in [1.807, 2.05) is 0 Å². The van der Waals surface area contributed by atoms with E-state index in [1.165, 1.54) is 18.5 Å². The number of rotatable bonds is 6. The maximum Gasteiger partial charge on any atom is 0.326 e. The van der Waals surface area contributed by atoms with Gasteiger partial charge in [0, 0.05) is 12.4 Å². The molecule has 0 aliphatic rings. The fourth-order valence-electron chi connectivity index (χ4n) is 1.18. The minimum absolute atomic E-state index is 0.0502. The van der Waals surface area contributed by atoms with Gasteiger partial charge in [0.15, 0.2) is 11.5 Å². The highest BCUT2D eigenvalue weighted by Crippen LogP contribution is 2.10. The van der Waals surface area contributed by atoms with Gasteiger partial charge >= 0.3 is 5.97 Å². The Hall–Kier alpha value is -2.44. The summed E-state index contributed by atoms with van der Waals surface area (Å²) in [5, 5.41) is 11.5. The Morgan fingerprint density at radius 1 is 1.53 bits per heavy atom. The SMILES string of the molecule is C=CCC(Nc1nccnc1C(N)=O)C(=O)O. The Morgan fingerprint density at radius 3 is 2.71 bits per heavy atom. The summed E-state index contributed by atoms with van der Waals surface area (Å²) in [6.45, 7) is 3.45. The maximum atomic E-state index is 11.0. The normalized spacial score (nSPS) is 11.5. The molecule has 0 bridgehead atoms. The monoisotopic (exact) mass is 236 g/mol. The second kappa shape index (κ2) is 5.59. The summed E-state index contributed by atoms with van der Waals surface area (Å²) in [7, 11) is 0. The zero-order valence-electron chi connectivity index (χ0n) is 8.96. The number of nitrogens with zero attached hydrogens (tertiary/aromatic N) is 2. The molecule has 0 spiro atoms. The molecule has 1 rings (SSSR count). The van der Waals surface area contributed by atoms with Gasteiger partial charge in [-0.15, -0.1) is 6.58 Å². The highest BCUT2D eigenvalue weighted by molar-refractivity contribution is 5.96. The molecule has 1 unspecified atom stereocenters. The number of nitrogens with two attached hydrogens (primary N) is 1. The van der Waals surface area contributed by atoms with Crippen LogP contribution in [0.15, 0.2) is 25.0 Å². The molecule has 0 fully saturated rings. The molecular weight excluding hydrogens is 224 g/mol. The van der Waals surface area contributed by atoms with Crippen LogP contribution in [-0.4, -0.2) is 33.0 Å². The van der Waals surface area contributed by atoms with Crippen LogP contribution in [0.2, 0.25) is 0 Å². The molecule has 0 aromatic carbocycles. The van der Waals surface area contributed by atoms with Crippen molar-refractivity contribution >= 4 is 17.7 Å². The average Bonchev–Trinajstić information content (AvgIpc) is 2.28. The predicted molar refractivity (Wildman–Crippen MR) is 60.4 cm³/mol. The molecule has 0 saturated heterocycles. The van der Waals surface area contributed by atoms with Crippen molar-refractivity contribution in [3.8, 4) is 0 Å². The molecule has 1 atom stereocenters. The molecule has 1 aromatic rings. The third kappa shape index (κ3) is 3.26. The van der Waals surface area contributed by atoms with Gasteiger partial charge in [0.25, 0.3) is 5.91 Å². The third-order valence-corrected chi connectivity index (χ3v) is 1.94. The second-order valence-corrected chi connectivity index (χ2v) is 3.18. The van der Waals surface area contributed by atoms with E-state index < -0.39 is 17.9 Å².